The molecule has 0 amide bonds. The van der Waals surface area contributed by atoms with Crippen molar-refractivity contribution < 1.29 is 14.3 Å². The van der Waals surface area contributed by atoms with Crippen LogP contribution in [-0.2, 0) is 14.3 Å². The van der Waals surface area contributed by atoms with Crippen LogP contribution in [0.4, 0.5) is 0 Å². The van der Waals surface area contributed by atoms with Crippen molar-refractivity contribution in [3.05, 3.63) is 0 Å². The average molecular weight is 254 g/mol. The monoisotopic (exact) mass is 254 g/mol. The van der Waals surface area contributed by atoms with Crippen molar-refractivity contribution in [2.24, 2.45) is 17.8 Å². The first-order valence-corrected chi connectivity index (χ1v) is 7.49. The molecule has 0 aromatic rings. The Bertz CT molecular complexity index is 261. The molecular formula is C15H26O3. The van der Waals surface area contributed by atoms with Crippen LogP contribution in [0.1, 0.15) is 52.4 Å². The van der Waals surface area contributed by atoms with E-state index in [4.69, 9.17) is 9.47 Å². The molecule has 2 fully saturated rings. The maximum Gasteiger partial charge on any atom is 0.335 e. The second-order valence-electron chi connectivity index (χ2n) is 5.93. The summed E-state index contributed by atoms with van der Waals surface area (Å²) >= 11 is 0. The molecule has 1 heterocycles. The van der Waals surface area contributed by atoms with Crippen molar-refractivity contribution in [2.45, 2.75) is 58.5 Å². The van der Waals surface area contributed by atoms with Gasteiger partial charge < -0.3 is 9.47 Å². The highest BCUT2D eigenvalue weighted by Crippen LogP contribution is 2.37. The highest BCUT2D eigenvalue weighted by molar-refractivity contribution is 5.74. The third kappa shape index (κ3) is 3.47. The zero-order chi connectivity index (χ0) is 13.0. The van der Waals surface area contributed by atoms with Gasteiger partial charge in [0.15, 0.2) is 6.10 Å². The predicted molar refractivity (Wildman–Crippen MR) is 70.2 cm³/mol. The first kappa shape index (κ1) is 13.9. The van der Waals surface area contributed by atoms with E-state index in [9.17, 15) is 4.79 Å². The molecule has 3 nitrogen and oxygen atoms in total. The molecule has 0 aromatic carbocycles. The summed E-state index contributed by atoms with van der Waals surface area (Å²) in [5, 5.41) is 0. The Labute approximate surface area is 110 Å². The quantitative estimate of drug-likeness (QED) is 0.726. The zero-order valence-corrected chi connectivity index (χ0v) is 11.7. The second-order valence-corrected chi connectivity index (χ2v) is 5.93. The molecule has 0 spiro atoms. The first-order chi connectivity index (χ1) is 8.70. The molecule has 2 atom stereocenters. The molecule has 18 heavy (non-hydrogen) atoms. The Morgan fingerprint density at radius 2 is 1.78 bits per heavy atom. The van der Waals surface area contributed by atoms with Crippen molar-refractivity contribution >= 4 is 5.97 Å². The molecule has 2 aliphatic rings. The van der Waals surface area contributed by atoms with Gasteiger partial charge in [-0.25, -0.2) is 4.79 Å². The van der Waals surface area contributed by atoms with Crippen LogP contribution in [0.25, 0.3) is 0 Å². The minimum absolute atomic E-state index is 0.173. The van der Waals surface area contributed by atoms with Gasteiger partial charge in [-0.2, -0.15) is 0 Å². The second kappa shape index (κ2) is 6.55. The van der Waals surface area contributed by atoms with Gasteiger partial charge in [0.25, 0.3) is 0 Å². The van der Waals surface area contributed by atoms with Crippen LogP contribution in [0, 0.1) is 17.8 Å². The molecule has 0 bridgehead atoms. The lowest BCUT2D eigenvalue weighted by atomic mass is 9.74. The molecule has 1 aliphatic heterocycles. The largest absolute Gasteiger partial charge is 0.464 e. The standard InChI is InChI=1S/C15H26O3/c1-3-17-15(16)14-9-8-13(10-18-14)12-6-4-11(2)5-7-12/h11-14H,3-10H2,1-2H3. The molecular weight excluding hydrogens is 228 g/mol. The van der Waals surface area contributed by atoms with Gasteiger partial charge in [0.05, 0.1) is 13.2 Å². The number of esters is 1. The van der Waals surface area contributed by atoms with Gasteiger partial charge in [-0.05, 0) is 50.4 Å². The third-order valence-electron chi connectivity index (χ3n) is 4.59. The summed E-state index contributed by atoms with van der Waals surface area (Å²) in [5.41, 5.74) is 0. The van der Waals surface area contributed by atoms with Gasteiger partial charge in [0, 0.05) is 0 Å². The lowest BCUT2D eigenvalue weighted by molar-refractivity contribution is -0.162. The fraction of sp³-hybridized carbons (Fsp3) is 0.933. The molecule has 1 aliphatic carbocycles. The maximum atomic E-state index is 11.6. The van der Waals surface area contributed by atoms with Crippen molar-refractivity contribution in [2.75, 3.05) is 13.2 Å². The number of carbonyl (C=O) groups is 1. The van der Waals surface area contributed by atoms with Crippen LogP contribution in [0.3, 0.4) is 0 Å². The van der Waals surface area contributed by atoms with Gasteiger partial charge in [0.1, 0.15) is 0 Å². The number of hydrogen-bond donors (Lipinski definition) is 0. The van der Waals surface area contributed by atoms with E-state index in [1.807, 2.05) is 6.92 Å². The zero-order valence-electron chi connectivity index (χ0n) is 11.7. The summed E-state index contributed by atoms with van der Waals surface area (Å²) in [5.74, 6) is 2.22. The highest BCUT2D eigenvalue weighted by Gasteiger charge is 2.33. The molecule has 0 radical (unpaired) electrons. The topological polar surface area (TPSA) is 35.5 Å². The first-order valence-electron chi connectivity index (χ1n) is 7.49. The van der Waals surface area contributed by atoms with Crippen LogP contribution in [0.15, 0.2) is 0 Å². The number of ether oxygens (including phenoxy) is 2. The van der Waals surface area contributed by atoms with E-state index in [-0.39, 0.29) is 12.1 Å². The summed E-state index contributed by atoms with van der Waals surface area (Å²) in [4.78, 5) is 11.6. The fourth-order valence-electron chi connectivity index (χ4n) is 3.32. The van der Waals surface area contributed by atoms with Crippen LogP contribution >= 0.6 is 0 Å². The van der Waals surface area contributed by atoms with E-state index >= 15 is 0 Å². The summed E-state index contributed by atoms with van der Waals surface area (Å²) in [6, 6.07) is 0. The minimum Gasteiger partial charge on any atom is -0.464 e. The minimum atomic E-state index is -0.302. The fourth-order valence-corrected chi connectivity index (χ4v) is 3.32. The van der Waals surface area contributed by atoms with Crippen molar-refractivity contribution in [1.29, 1.82) is 0 Å². The van der Waals surface area contributed by atoms with Gasteiger partial charge in [0.2, 0.25) is 0 Å². The molecule has 1 saturated carbocycles. The van der Waals surface area contributed by atoms with Crippen molar-refractivity contribution in [3.8, 4) is 0 Å². The summed E-state index contributed by atoms with van der Waals surface area (Å²) < 4.78 is 10.7. The Hall–Kier alpha value is -0.570. The van der Waals surface area contributed by atoms with Crippen LogP contribution in [0.2, 0.25) is 0 Å². The Balaban J connectivity index is 1.74. The van der Waals surface area contributed by atoms with E-state index in [1.165, 1.54) is 25.7 Å². The number of carbonyl (C=O) groups excluding carboxylic acids is 1. The number of hydrogen-bond acceptors (Lipinski definition) is 3. The van der Waals surface area contributed by atoms with Crippen LogP contribution in [0.5, 0.6) is 0 Å². The molecule has 3 heteroatoms. The van der Waals surface area contributed by atoms with Gasteiger partial charge >= 0.3 is 5.97 Å². The van der Waals surface area contributed by atoms with Gasteiger partial charge in [-0.3, -0.25) is 0 Å². The van der Waals surface area contributed by atoms with Crippen molar-refractivity contribution in [1.82, 2.24) is 0 Å². The Morgan fingerprint density at radius 3 is 2.33 bits per heavy atom. The molecule has 104 valence electrons. The summed E-state index contributed by atoms with van der Waals surface area (Å²) in [6.45, 7) is 5.39. The van der Waals surface area contributed by atoms with E-state index in [1.54, 1.807) is 0 Å². The molecule has 0 N–H and O–H groups in total. The lowest BCUT2D eigenvalue weighted by Crippen LogP contribution is -2.36. The Kier molecular flexibility index (Phi) is 5.04. The molecule has 1 saturated heterocycles. The SMILES string of the molecule is CCOC(=O)C1CCC(C2CCC(C)CC2)CO1. The predicted octanol–water partition coefficient (Wildman–Crippen LogP) is 3.17. The van der Waals surface area contributed by atoms with Crippen molar-refractivity contribution in [3.63, 3.8) is 0 Å². The van der Waals surface area contributed by atoms with Gasteiger partial charge in [-0.15, -0.1) is 0 Å². The normalized spacial score (nSPS) is 37.2. The number of rotatable bonds is 3. The van der Waals surface area contributed by atoms with Gasteiger partial charge in [-0.1, -0.05) is 19.8 Å². The highest BCUT2D eigenvalue weighted by atomic mass is 16.6. The molecule has 0 aromatic heterocycles. The van der Waals surface area contributed by atoms with E-state index in [0.29, 0.717) is 12.5 Å². The molecule has 2 unspecified atom stereocenters. The third-order valence-corrected chi connectivity index (χ3v) is 4.59. The summed E-state index contributed by atoms with van der Waals surface area (Å²) in [7, 11) is 0. The van der Waals surface area contributed by atoms with E-state index < -0.39 is 0 Å². The van der Waals surface area contributed by atoms with Crippen LogP contribution < -0.4 is 0 Å². The maximum absolute atomic E-state index is 11.6. The Morgan fingerprint density at radius 1 is 1.11 bits per heavy atom. The average Bonchev–Trinajstić information content (AvgIpc) is 2.40. The van der Waals surface area contributed by atoms with E-state index in [0.717, 1.165) is 31.3 Å². The van der Waals surface area contributed by atoms with E-state index in [2.05, 4.69) is 6.92 Å². The summed E-state index contributed by atoms with van der Waals surface area (Å²) in [6.07, 6.45) is 7.09. The lowest BCUT2D eigenvalue weighted by Gasteiger charge is -2.36. The smallest absolute Gasteiger partial charge is 0.335 e. The van der Waals surface area contributed by atoms with Crippen LogP contribution in [-0.4, -0.2) is 25.3 Å². The molecule has 2 rings (SSSR count).